The normalized spacial score (nSPS) is 39.6. The van der Waals surface area contributed by atoms with Crippen LogP contribution in [0.1, 0.15) is 58.3 Å². The SMILES string of the molecule is C=CC[N+]1(C)CC(CCCCC)C2CCCCC21. The summed E-state index contributed by atoms with van der Waals surface area (Å²) < 4.78 is 1.30. The summed E-state index contributed by atoms with van der Waals surface area (Å²) in [7, 11) is 2.49. The van der Waals surface area contributed by atoms with Crippen molar-refractivity contribution in [3.05, 3.63) is 12.7 Å². The van der Waals surface area contributed by atoms with Gasteiger partial charge in [-0.05, 0) is 31.8 Å². The number of unbranched alkanes of at least 4 members (excludes halogenated alkanes) is 2. The first-order valence-electron chi connectivity index (χ1n) is 8.16. The van der Waals surface area contributed by atoms with E-state index in [1.165, 1.54) is 68.9 Å². The summed E-state index contributed by atoms with van der Waals surface area (Å²) in [6.07, 6.45) is 13.8. The predicted molar refractivity (Wildman–Crippen MR) is 79.5 cm³/mol. The van der Waals surface area contributed by atoms with E-state index in [0.29, 0.717) is 0 Å². The third-order valence-corrected chi connectivity index (χ3v) is 5.56. The highest BCUT2D eigenvalue weighted by atomic mass is 15.4. The summed E-state index contributed by atoms with van der Waals surface area (Å²) in [6, 6.07) is 0.948. The fraction of sp³-hybridized carbons (Fsp3) is 0.882. The summed E-state index contributed by atoms with van der Waals surface area (Å²) in [4.78, 5) is 0. The quantitative estimate of drug-likeness (QED) is 0.373. The largest absolute Gasteiger partial charge is 0.320 e. The van der Waals surface area contributed by atoms with Crippen LogP contribution in [0.4, 0.5) is 0 Å². The van der Waals surface area contributed by atoms with Crippen LogP contribution in [0.5, 0.6) is 0 Å². The first kappa shape index (κ1) is 14.1. The van der Waals surface area contributed by atoms with Gasteiger partial charge in [0.2, 0.25) is 0 Å². The Morgan fingerprint density at radius 1 is 1.22 bits per heavy atom. The molecule has 4 atom stereocenters. The highest BCUT2D eigenvalue weighted by Gasteiger charge is 2.50. The Morgan fingerprint density at radius 3 is 2.72 bits per heavy atom. The minimum absolute atomic E-state index is 0.948. The van der Waals surface area contributed by atoms with Gasteiger partial charge in [0.1, 0.15) is 0 Å². The molecule has 0 spiro atoms. The van der Waals surface area contributed by atoms with E-state index in [1.54, 1.807) is 0 Å². The molecule has 4 unspecified atom stereocenters. The van der Waals surface area contributed by atoms with Crippen LogP contribution in [0.3, 0.4) is 0 Å². The van der Waals surface area contributed by atoms with Crippen LogP contribution in [0.15, 0.2) is 12.7 Å². The van der Waals surface area contributed by atoms with Crippen molar-refractivity contribution in [2.45, 2.75) is 64.3 Å². The highest BCUT2D eigenvalue weighted by molar-refractivity contribution is 4.89. The maximum absolute atomic E-state index is 3.99. The fourth-order valence-electron chi connectivity index (χ4n) is 4.74. The minimum Gasteiger partial charge on any atom is -0.320 e. The number of rotatable bonds is 6. The second-order valence-electron chi connectivity index (χ2n) is 6.90. The Hall–Kier alpha value is -0.300. The minimum atomic E-state index is 0.948. The molecule has 1 heteroatoms. The number of likely N-dealkylation sites (N-methyl/N-ethyl adjacent to an activating group) is 1. The van der Waals surface area contributed by atoms with E-state index >= 15 is 0 Å². The van der Waals surface area contributed by atoms with Crippen molar-refractivity contribution in [1.29, 1.82) is 0 Å². The van der Waals surface area contributed by atoms with Gasteiger partial charge in [0.15, 0.2) is 0 Å². The van der Waals surface area contributed by atoms with Crippen LogP contribution >= 0.6 is 0 Å². The van der Waals surface area contributed by atoms with Gasteiger partial charge in [0.25, 0.3) is 0 Å². The van der Waals surface area contributed by atoms with Gasteiger partial charge in [-0.3, -0.25) is 0 Å². The molecule has 0 radical (unpaired) electrons. The fourth-order valence-corrected chi connectivity index (χ4v) is 4.74. The lowest BCUT2D eigenvalue weighted by atomic mass is 9.78. The van der Waals surface area contributed by atoms with Crippen LogP contribution in [0.2, 0.25) is 0 Å². The summed E-state index contributed by atoms with van der Waals surface area (Å²) in [5.74, 6) is 2.03. The molecule has 104 valence electrons. The summed E-state index contributed by atoms with van der Waals surface area (Å²) >= 11 is 0. The van der Waals surface area contributed by atoms with Crippen LogP contribution in [-0.2, 0) is 0 Å². The van der Waals surface area contributed by atoms with E-state index < -0.39 is 0 Å². The van der Waals surface area contributed by atoms with E-state index in [9.17, 15) is 0 Å². The maximum Gasteiger partial charge on any atom is 0.0971 e. The first-order chi connectivity index (χ1) is 8.71. The predicted octanol–water partition coefficient (Wildman–Crippen LogP) is 4.39. The van der Waals surface area contributed by atoms with Gasteiger partial charge < -0.3 is 4.48 Å². The lowest BCUT2D eigenvalue weighted by Gasteiger charge is -2.39. The van der Waals surface area contributed by atoms with E-state index in [2.05, 4.69) is 26.6 Å². The number of fused-ring (bicyclic) bond motifs is 1. The van der Waals surface area contributed by atoms with Crippen molar-refractivity contribution in [3.63, 3.8) is 0 Å². The molecule has 1 nitrogen and oxygen atoms in total. The zero-order chi connectivity index (χ0) is 13.0. The Labute approximate surface area is 114 Å². The van der Waals surface area contributed by atoms with Crippen molar-refractivity contribution < 1.29 is 4.48 Å². The monoisotopic (exact) mass is 250 g/mol. The van der Waals surface area contributed by atoms with Gasteiger partial charge >= 0.3 is 0 Å². The van der Waals surface area contributed by atoms with Gasteiger partial charge in [-0.15, -0.1) is 0 Å². The summed E-state index contributed by atoms with van der Waals surface area (Å²) in [5, 5.41) is 0. The second-order valence-corrected chi connectivity index (χ2v) is 6.90. The molecule has 1 aliphatic carbocycles. The molecule has 2 fully saturated rings. The molecule has 0 bridgehead atoms. The Morgan fingerprint density at radius 2 is 2.00 bits per heavy atom. The topological polar surface area (TPSA) is 0 Å². The molecule has 0 amide bonds. The van der Waals surface area contributed by atoms with Crippen LogP contribution in [-0.4, -0.2) is 30.7 Å². The van der Waals surface area contributed by atoms with Gasteiger partial charge in [0.05, 0.1) is 26.2 Å². The Kier molecular flexibility index (Phi) is 4.89. The molecule has 0 aromatic heterocycles. The lowest BCUT2D eigenvalue weighted by molar-refractivity contribution is -0.919. The number of hydrogen-bond donors (Lipinski definition) is 0. The van der Waals surface area contributed by atoms with E-state index in [4.69, 9.17) is 0 Å². The molecule has 1 heterocycles. The average Bonchev–Trinajstić information content (AvgIpc) is 2.65. The molecular formula is C17H32N+. The second kappa shape index (κ2) is 6.23. The molecule has 1 saturated carbocycles. The smallest absolute Gasteiger partial charge is 0.0971 e. The third kappa shape index (κ3) is 2.82. The molecule has 2 aliphatic rings. The van der Waals surface area contributed by atoms with Gasteiger partial charge in [-0.25, -0.2) is 0 Å². The van der Waals surface area contributed by atoms with Crippen molar-refractivity contribution in [3.8, 4) is 0 Å². The molecular weight excluding hydrogens is 218 g/mol. The Bertz CT molecular complexity index is 273. The number of hydrogen-bond acceptors (Lipinski definition) is 0. The zero-order valence-corrected chi connectivity index (χ0v) is 12.5. The average molecular weight is 250 g/mol. The van der Waals surface area contributed by atoms with Crippen molar-refractivity contribution in [2.24, 2.45) is 11.8 Å². The van der Waals surface area contributed by atoms with Crippen molar-refractivity contribution in [1.82, 2.24) is 0 Å². The van der Waals surface area contributed by atoms with E-state index in [-0.39, 0.29) is 0 Å². The molecule has 1 saturated heterocycles. The number of likely N-dealkylation sites (tertiary alicyclic amines) is 1. The van der Waals surface area contributed by atoms with E-state index in [0.717, 1.165) is 17.9 Å². The number of quaternary nitrogens is 1. The zero-order valence-electron chi connectivity index (χ0n) is 12.5. The van der Waals surface area contributed by atoms with Crippen molar-refractivity contribution >= 4 is 0 Å². The maximum atomic E-state index is 3.99. The standard InChI is InChI=1S/C17H32N/c1-4-6-7-10-15-14-18(3,13-5-2)17-12-9-8-11-16(15)17/h5,15-17H,2,4,6-14H2,1,3H3/q+1. The summed E-state index contributed by atoms with van der Waals surface area (Å²) in [5.41, 5.74) is 0. The lowest BCUT2D eigenvalue weighted by Crippen LogP contribution is -2.50. The van der Waals surface area contributed by atoms with Crippen LogP contribution < -0.4 is 0 Å². The summed E-state index contributed by atoms with van der Waals surface area (Å²) in [6.45, 7) is 8.91. The van der Waals surface area contributed by atoms with Gasteiger partial charge in [-0.2, -0.15) is 0 Å². The number of nitrogens with zero attached hydrogens (tertiary/aromatic N) is 1. The third-order valence-electron chi connectivity index (χ3n) is 5.56. The highest BCUT2D eigenvalue weighted by Crippen LogP contribution is 2.45. The van der Waals surface area contributed by atoms with E-state index in [1.807, 2.05) is 0 Å². The molecule has 0 aromatic rings. The first-order valence-corrected chi connectivity index (χ1v) is 8.16. The Balaban J connectivity index is 2.01. The molecule has 18 heavy (non-hydrogen) atoms. The van der Waals surface area contributed by atoms with Gasteiger partial charge in [0, 0.05) is 11.8 Å². The van der Waals surface area contributed by atoms with Crippen molar-refractivity contribution in [2.75, 3.05) is 20.1 Å². The van der Waals surface area contributed by atoms with Gasteiger partial charge in [-0.1, -0.05) is 39.2 Å². The molecule has 0 aromatic carbocycles. The van der Waals surface area contributed by atoms with Crippen LogP contribution in [0, 0.1) is 11.8 Å². The molecule has 1 aliphatic heterocycles. The molecule has 2 rings (SSSR count). The van der Waals surface area contributed by atoms with Crippen LogP contribution in [0.25, 0.3) is 0 Å². The molecule has 0 N–H and O–H groups in total.